The van der Waals surface area contributed by atoms with Crippen LogP contribution in [0.5, 0.6) is 0 Å². The number of rotatable bonds is 2. The van der Waals surface area contributed by atoms with Gasteiger partial charge in [-0.15, -0.1) is 12.4 Å². The third-order valence-corrected chi connectivity index (χ3v) is 6.71. The van der Waals surface area contributed by atoms with E-state index >= 15 is 0 Å². The van der Waals surface area contributed by atoms with Crippen molar-refractivity contribution < 1.29 is 8.42 Å². The van der Waals surface area contributed by atoms with E-state index < -0.39 is 15.6 Å². The summed E-state index contributed by atoms with van der Waals surface area (Å²) in [6.07, 6.45) is 0.816. The third-order valence-electron chi connectivity index (χ3n) is 4.74. The molecule has 0 aromatic heterocycles. The predicted molar refractivity (Wildman–Crippen MR) is 92.0 cm³/mol. The van der Waals surface area contributed by atoms with Gasteiger partial charge in [-0.25, -0.2) is 8.42 Å². The number of nitrogens with one attached hydrogen (secondary N) is 1. The van der Waals surface area contributed by atoms with Gasteiger partial charge in [-0.1, -0.05) is 48.5 Å². The van der Waals surface area contributed by atoms with Gasteiger partial charge in [0.15, 0.2) is 0 Å². The Morgan fingerprint density at radius 2 is 1.74 bits per heavy atom. The van der Waals surface area contributed by atoms with Gasteiger partial charge in [0.1, 0.15) is 0 Å². The molecule has 23 heavy (non-hydrogen) atoms. The van der Waals surface area contributed by atoms with Gasteiger partial charge in [-0.3, -0.25) is 0 Å². The fraction of sp³-hybridized carbons (Fsp3) is 0.294. The van der Waals surface area contributed by atoms with Crippen molar-refractivity contribution in [2.24, 2.45) is 0 Å². The van der Waals surface area contributed by atoms with E-state index in [0.29, 0.717) is 18.0 Å². The number of halogens is 1. The van der Waals surface area contributed by atoms with Gasteiger partial charge >= 0.3 is 0 Å². The molecule has 1 N–H and O–H groups in total. The average molecular weight is 351 g/mol. The van der Waals surface area contributed by atoms with E-state index in [2.05, 4.69) is 5.32 Å². The Hall–Kier alpha value is -1.40. The van der Waals surface area contributed by atoms with E-state index in [1.165, 1.54) is 0 Å². The Kier molecular flexibility index (Phi) is 4.23. The number of sulfonamides is 1. The lowest BCUT2D eigenvalue weighted by Gasteiger charge is -2.33. The molecule has 2 heterocycles. The highest BCUT2D eigenvalue weighted by Gasteiger charge is 2.54. The van der Waals surface area contributed by atoms with E-state index in [9.17, 15) is 8.42 Å². The zero-order valence-corrected chi connectivity index (χ0v) is 14.2. The summed E-state index contributed by atoms with van der Waals surface area (Å²) in [6, 6.07) is 17.2. The van der Waals surface area contributed by atoms with E-state index in [-0.39, 0.29) is 12.4 Å². The van der Waals surface area contributed by atoms with E-state index in [4.69, 9.17) is 0 Å². The molecule has 1 unspecified atom stereocenters. The first-order chi connectivity index (χ1) is 10.6. The lowest BCUT2D eigenvalue weighted by atomic mass is 9.88. The monoisotopic (exact) mass is 350 g/mol. The maximum atomic E-state index is 13.0. The van der Waals surface area contributed by atoms with Crippen molar-refractivity contribution in [1.29, 1.82) is 0 Å². The zero-order chi connectivity index (χ0) is 15.2. The lowest BCUT2D eigenvalue weighted by molar-refractivity contribution is 0.213. The smallest absolute Gasteiger partial charge is 0.244 e. The molecule has 0 saturated carbocycles. The Morgan fingerprint density at radius 1 is 1.04 bits per heavy atom. The summed E-state index contributed by atoms with van der Waals surface area (Å²) < 4.78 is 27.8. The molecule has 2 aromatic rings. The molecule has 6 heteroatoms. The molecule has 4 rings (SSSR count). The lowest BCUT2D eigenvalue weighted by Crippen LogP contribution is -2.44. The number of fused-ring (bicyclic) bond motifs is 2. The topological polar surface area (TPSA) is 49.4 Å². The fourth-order valence-electron chi connectivity index (χ4n) is 3.67. The number of hydrogen-bond acceptors (Lipinski definition) is 3. The zero-order valence-electron chi connectivity index (χ0n) is 12.6. The molecule has 1 fully saturated rings. The highest BCUT2D eigenvalue weighted by atomic mass is 35.5. The summed E-state index contributed by atoms with van der Waals surface area (Å²) >= 11 is 0. The first-order valence-corrected chi connectivity index (χ1v) is 8.96. The maximum Gasteiger partial charge on any atom is 0.244 e. The van der Waals surface area contributed by atoms with Crippen molar-refractivity contribution in [2.75, 3.05) is 13.1 Å². The summed E-state index contributed by atoms with van der Waals surface area (Å²) in [4.78, 5) is 0.467. The van der Waals surface area contributed by atoms with Crippen molar-refractivity contribution in [2.45, 2.75) is 23.4 Å². The summed E-state index contributed by atoms with van der Waals surface area (Å²) in [5, 5.41) is 3.34. The molecule has 2 aliphatic heterocycles. The third kappa shape index (κ3) is 2.39. The molecule has 0 aliphatic carbocycles. The second-order valence-electron chi connectivity index (χ2n) is 5.95. The van der Waals surface area contributed by atoms with Crippen molar-refractivity contribution >= 4 is 22.4 Å². The van der Waals surface area contributed by atoms with Crippen LogP contribution in [0, 0.1) is 0 Å². The quantitative estimate of drug-likeness (QED) is 0.905. The molecule has 0 radical (unpaired) electrons. The number of benzene rings is 2. The molecule has 1 spiro atoms. The Balaban J connectivity index is 0.00000156. The van der Waals surface area contributed by atoms with Gasteiger partial charge in [0.25, 0.3) is 0 Å². The van der Waals surface area contributed by atoms with Crippen LogP contribution < -0.4 is 5.32 Å². The summed E-state index contributed by atoms with van der Waals surface area (Å²) in [7, 11) is -3.44. The standard InChI is InChI=1S/C17H18N2O2S.ClH/c20-22(21)16-9-5-4-8-15(16)17(10-11-18-13-17)19(22)12-14-6-2-1-3-7-14;/h1-9,18H,10-13H2;1H. The van der Waals surface area contributed by atoms with Crippen molar-refractivity contribution in [3.8, 4) is 0 Å². The van der Waals surface area contributed by atoms with Crippen LogP contribution in [0.3, 0.4) is 0 Å². The van der Waals surface area contributed by atoms with Gasteiger partial charge < -0.3 is 5.32 Å². The number of hydrogen-bond donors (Lipinski definition) is 1. The van der Waals surface area contributed by atoms with E-state index in [0.717, 1.165) is 24.1 Å². The normalized spacial score (nSPS) is 25.2. The van der Waals surface area contributed by atoms with Crippen LogP contribution in [-0.2, 0) is 22.1 Å². The summed E-state index contributed by atoms with van der Waals surface area (Å²) in [5.41, 5.74) is 1.52. The molecule has 4 nitrogen and oxygen atoms in total. The largest absolute Gasteiger partial charge is 0.314 e. The summed E-state index contributed by atoms with van der Waals surface area (Å²) in [6.45, 7) is 1.94. The van der Waals surface area contributed by atoms with Gasteiger partial charge in [0, 0.05) is 13.1 Å². The van der Waals surface area contributed by atoms with Crippen LogP contribution in [-0.4, -0.2) is 25.8 Å². The maximum absolute atomic E-state index is 13.0. The minimum absolute atomic E-state index is 0. The first-order valence-electron chi connectivity index (χ1n) is 7.52. The van der Waals surface area contributed by atoms with Gasteiger partial charge in [0.05, 0.1) is 10.4 Å². The SMILES string of the molecule is Cl.O=S1(=O)c2ccccc2C2(CCNC2)N1Cc1ccccc1. The highest BCUT2D eigenvalue weighted by molar-refractivity contribution is 7.89. The Labute approximate surface area is 143 Å². The van der Waals surface area contributed by atoms with Gasteiger partial charge in [-0.2, -0.15) is 4.31 Å². The van der Waals surface area contributed by atoms with Crippen LogP contribution in [0.1, 0.15) is 17.5 Å². The molecule has 0 bridgehead atoms. The second kappa shape index (κ2) is 5.91. The highest BCUT2D eigenvalue weighted by Crippen LogP contribution is 2.48. The molecule has 1 saturated heterocycles. The summed E-state index contributed by atoms with van der Waals surface area (Å²) in [5.74, 6) is 0. The van der Waals surface area contributed by atoms with E-state index in [1.54, 1.807) is 16.4 Å². The van der Waals surface area contributed by atoms with Crippen molar-refractivity contribution in [3.63, 3.8) is 0 Å². The first kappa shape index (κ1) is 16.5. The molecular formula is C17H19ClN2O2S. The molecule has 0 amide bonds. The molecular weight excluding hydrogens is 332 g/mol. The molecule has 2 aliphatic rings. The minimum Gasteiger partial charge on any atom is -0.314 e. The van der Waals surface area contributed by atoms with Crippen LogP contribution in [0.15, 0.2) is 59.5 Å². The van der Waals surface area contributed by atoms with Crippen LogP contribution >= 0.6 is 12.4 Å². The molecule has 122 valence electrons. The van der Waals surface area contributed by atoms with Crippen molar-refractivity contribution in [1.82, 2.24) is 9.62 Å². The Bertz CT molecular complexity index is 802. The van der Waals surface area contributed by atoms with Crippen LogP contribution in [0.2, 0.25) is 0 Å². The number of nitrogens with zero attached hydrogens (tertiary/aromatic N) is 1. The van der Waals surface area contributed by atoms with Crippen LogP contribution in [0.4, 0.5) is 0 Å². The van der Waals surface area contributed by atoms with Gasteiger partial charge in [0.2, 0.25) is 10.0 Å². The Morgan fingerprint density at radius 3 is 2.43 bits per heavy atom. The molecule has 1 atom stereocenters. The van der Waals surface area contributed by atoms with E-state index in [1.807, 2.05) is 42.5 Å². The minimum atomic E-state index is -3.44. The average Bonchev–Trinajstić information content (AvgIpc) is 3.09. The molecule has 2 aromatic carbocycles. The predicted octanol–water partition coefficient (Wildman–Crippen LogP) is 2.50. The van der Waals surface area contributed by atoms with Crippen molar-refractivity contribution in [3.05, 3.63) is 65.7 Å². The van der Waals surface area contributed by atoms with Gasteiger partial charge in [-0.05, 0) is 30.2 Å². The fourth-order valence-corrected chi connectivity index (χ4v) is 5.72. The second-order valence-corrected chi connectivity index (χ2v) is 7.78. The van der Waals surface area contributed by atoms with Crippen LogP contribution in [0.25, 0.3) is 0 Å².